The van der Waals surface area contributed by atoms with Crippen molar-refractivity contribution in [3.05, 3.63) is 57.6 Å². The molecule has 2 aromatic carbocycles. The molecule has 0 aliphatic carbocycles. The molecule has 0 saturated carbocycles. The van der Waals surface area contributed by atoms with Gasteiger partial charge in [-0.2, -0.15) is 4.31 Å². The maximum Gasteiger partial charge on any atom is 0.284 e. The van der Waals surface area contributed by atoms with Crippen molar-refractivity contribution in [1.82, 2.24) is 4.31 Å². The molecular weight excluding hydrogens is 398 g/mol. The summed E-state index contributed by atoms with van der Waals surface area (Å²) in [5.74, 6) is 0. The topological polar surface area (TPSA) is 85.0 Å². The highest BCUT2D eigenvalue weighted by atomic mass is 32.2. The van der Waals surface area contributed by atoms with Crippen molar-refractivity contribution in [3.8, 4) is 0 Å². The van der Waals surface area contributed by atoms with Gasteiger partial charge < -0.3 is 4.90 Å². The second-order valence-electron chi connectivity index (χ2n) is 7.10. The van der Waals surface area contributed by atoms with E-state index in [-0.39, 0.29) is 10.6 Å². The Balaban J connectivity index is 1.92. The summed E-state index contributed by atoms with van der Waals surface area (Å²) in [7, 11) is -1.72. The van der Waals surface area contributed by atoms with Crippen molar-refractivity contribution >= 4 is 27.5 Å². The molecule has 1 aliphatic heterocycles. The van der Waals surface area contributed by atoms with Crippen LogP contribution in [0.15, 0.2) is 51.1 Å². The fraction of sp³-hybridized carbons (Fsp3) is 0.368. The van der Waals surface area contributed by atoms with Crippen LogP contribution in [0.1, 0.15) is 11.1 Å². The Kier molecular flexibility index (Phi) is 6.09. The van der Waals surface area contributed by atoms with E-state index in [1.807, 2.05) is 39.1 Å². The lowest BCUT2D eigenvalue weighted by molar-refractivity contribution is -0.883. The molecule has 0 amide bonds. The van der Waals surface area contributed by atoms with Crippen LogP contribution in [0.4, 0.5) is 5.69 Å². The second-order valence-corrected chi connectivity index (χ2v) is 10.1. The molecule has 1 saturated heterocycles. The number of nitrogens with zero attached hydrogens (tertiary/aromatic N) is 2. The van der Waals surface area contributed by atoms with E-state index in [0.29, 0.717) is 18.0 Å². The average molecular weight is 423 g/mol. The van der Waals surface area contributed by atoms with Gasteiger partial charge in [0.15, 0.2) is 0 Å². The molecule has 1 N–H and O–H groups in total. The van der Waals surface area contributed by atoms with Crippen LogP contribution >= 0.6 is 11.8 Å². The van der Waals surface area contributed by atoms with E-state index in [1.54, 1.807) is 0 Å². The lowest BCUT2D eigenvalue weighted by Gasteiger charge is -2.29. The predicted molar refractivity (Wildman–Crippen MR) is 109 cm³/mol. The molecule has 7 nitrogen and oxygen atoms in total. The van der Waals surface area contributed by atoms with Crippen LogP contribution in [-0.4, -0.2) is 50.9 Å². The fourth-order valence-corrected chi connectivity index (χ4v) is 5.51. The first-order valence-electron chi connectivity index (χ1n) is 9.03. The van der Waals surface area contributed by atoms with Gasteiger partial charge in [0.1, 0.15) is 0 Å². The zero-order valence-electron chi connectivity index (χ0n) is 16.1. The maximum atomic E-state index is 12.9. The molecule has 0 bridgehead atoms. The van der Waals surface area contributed by atoms with Gasteiger partial charge in [0, 0.05) is 11.0 Å². The minimum atomic E-state index is -3.74. The molecule has 0 spiro atoms. The minimum Gasteiger partial charge on any atom is -0.335 e. The first-order valence-corrected chi connectivity index (χ1v) is 11.3. The van der Waals surface area contributed by atoms with E-state index in [2.05, 4.69) is 0 Å². The number of benzene rings is 2. The summed E-state index contributed by atoms with van der Waals surface area (Å²) in [6, 6.07) is 10.0. The van der Waals surface area contributed by atoms with Crippen LogP contribution < -0.4 is 4.90 Å². The quantitative estimate of drug-likeness (QED) is 0.587. The first-order chi connectivity index (χ1) is 13.2. The molecule has 150 valence electrons. The van der Waals surface area contributed by atoms with Crippen molar-refractivity contribution in [2.75, 3.05) is 33.2 Å². The van der Waals surface area contributed by atoms with Crippen molar-refractivity contribution < 1.29 is 18.2 Å². The highest BCUT2D eigenvalue weighted by molar-refractivity contribution is 7.99. The number of hydrogen-bond donors (Lipinski definition) is 1. The summed E-state index contributed by atoms with van der Waals surface area (Å²) in [6.07, 6.45) is 0. The summed E-state index contributed by atoms with van der Waals surface area (Å²) < 4.78 is 27.2. The molecule has 1 heterocycles. The highest BCUT2D eigenvalue weighted by Gasteiger charge is 2.31. The van der Waals surface area contributed by atoms with Gasteiger partial charge in [-0.15, -0.1) is 0 Å². The molecule has 28 heavy (non-hydrogen) atoms. The van der Waals surface area contributed by atoms with Crippen LogP contribution in [0, 0.1) is 24.0 Å². The minimum absolute atomic E-state index is 0.0248. The molecule has 1 fully saturated rings. The summed E-state index contributed by atoms with van der Waals surface area (Å²) in [6.45, 7) is 6.28. The smallest absolute Gasteiger partial charge is 0.284 e. The molecule has 0 atom stereocenters. The Morgan fingerprint density at radius 3 is 2.36 bits per heavy atom. The van der Waals surface area contributed by atoms with Crippen molar-refractivity contribution in [2.24, 2.45) is 0 Å². The summed E-state index contributed by atoms with van der Waals surface area (Å²) in [5, 5.41) is 11.6. The number of nitro groups is 1. The van der Waals surface area contributed by atoms with Crippen molar-refractivity contribution in [1.29, 1.82) is 0 Å². The molecule has 3 rings (SSSR count). The largest absolute Gasteiger partial charge is 0.335 e. The van der Waals surface area contributed by atoms with Crippen molar-refractivity contribution in [2.45, 2.75) is 28.5 Å². The van der Waals surface area contributed by atoms with E-state index in [1.165, 1.54) is 39.2 Å². The number of quaternary nitrogens is 1. The molecule has 0 unspecified atom stereocenters. The van der Waals surface area contributed by atoms with Crippen molar-refractivity contribution in [3.63, 3.8) is 0 Å². The number of nitrogens with one attached hydrogen (secondary N) is 1. The van der Waals surface area contributed by atoms with Gasteiger partial charge in [-0.25, -0.2) is 8.42 Å². The number of sulfonamides is 1. The molecular formula is C19H24N3O4S2+. The van der Waals surface area contributed by atoms with E-state index in [9.17, 15) is 18.5 Å². The number of hydrogen-bond acceptors (Lipinski definition) is 5. The Labute approximate surface area is 169 Å². The summed E-state index contributed by atoms with van der Waals surface area (Å²) >= 11 is 1.27. The van der Waals surface area contributed by atoms with Crippen LogP contribution in [0.2, 0.25) is 0 Å². The third kappa shape index (κ3) is 4.38. The van der Waals surface area contributed by atoms with Gasteiger partial charge in [0.25, 0.3) is 5.69 Å². The predicted octanol–water partition coefficient (Wildman–Crippen LogP) is 1.88. The van der Waals surface area contributed by atoms with E-state index in [4.69, 9.17) is 0 Å². The number of likely N-dealkylation sites (N-methyl/N-ethyl adjacent to an activating group) is 1. The standard InChI is InChI=1S/C19H23N3O4S2/c1-14-4-5-16(12-15(14)2)27-19-7-6-17(13-18(19)22(23)24)28(25,26)21-10-8-20(3)9-11-21/h4-7,12-13H,8-11H2,1-3H3/p+1. The third-order valence-electron chi connectivity index (χ3n) is 5.05. The number of rotatable bonds is 5. The maximum absolute atomic E-state index is 12.9. The van der Waals surface area contributed by atoms with Crippen LogP contribution in [-0.2, 0) is 10.0 Å². The Morgan fingerprint density at radius 2 is 1.75 bits per heavy atom. The lowest BCUT2D eigenvalue weighted by Crippen LogP contribution is -3.12. The molecule has 0 aromatic heterocycles. The molecule has 0 radical (unpaired) electrons. The molecule has 2 aromatic rings. The van der Waals surface area contributed by atoms with Gasteiger partial charge in [-0.3, -0.25) is 10.1 Å². The van der Waals surface area contributed by atoms with Gasteiger partial charge in [0.05, 0.1) is 47.9 Å². The van der Waals surface area contributed by atoms with Crippen LogP contribution in [0.25, 0.3) is 0 Å². The third-order valence-corrected chi connectivity index (χ3v) is 8.00. The SMILES string of the molecule is Cc1ccc(Sc2ccc(S(=O)(=O)N3CC[NH+](C)CC3)cc2[N+](=O)[O-])cc1C. The lowest BCUT2D eigenvalue weighted by atomic mass is 10.1. The Hall–Kier alpha value is -1.94. The van der Waals surface area contributed by atoms with E-state index in [0.717, 1.165) is 29.1 Å². The monoisotopic (exact) mass is 422 g/mol. The van der Waals surface area contributed by atoms with Gasteiger partial charge in [0.2, 0.25) is 10.0 Å². The van der Waals surface area contributed by atoms with Gasteiger partial charge in [-0.1, -0.05) is 17.8 Å². The highest BCUT2D eigenvalue weighted by Crippen LogP contribution is 2.37. The number of aryl methyl sites for hydroxylation is 2. The fourth-order valence-electron chi connectivity index (χ4n) is 3.05. The first kappa shape index (κ1) is 20.8. The average Bonchev–Trinajstić information content (AvgIpc) is 2.65. The van der Waals surface area contributed by atoms with Crippen LogP contribution in [0.5, 0.6) is 0 Å². The van der Waals surface area contributed by atoms with Gasteiger partial charge in [-0.05, 0) is 49.2 Å². The van der Waals surface area contributed by atoms with Gasteiger partial charge >= 0.3 is 0 Å². The molecule has 1 aliphatic rings. The Bertz CT molecular complexity index is 1000. The van der Waals surface area contributed by atoms with E-state index >= 15 is 0 Å². The number of nitro benzene ring substituents is 1. The Morgan fingerprint density at radius 1 is 1.07 bits per heavy atom. The van der Waals surface area contributed by atoms with E-state index < -0.39 is 14.9 Å². The van der Waals surface area contributed by atoms with Crippen LogP contribution in [0.3, 0.4) is 0 Å². The number of piperazine rings is 1. The zero-order valence-corrected chi connectivity index (χ0v) is 17.8. The second kappa shape index (κ2) is 8.20. The zero-order chi connectivity index (χ0) is 20.5. The summed E-state index contributed by atoms with van der Waals surface area (Å²) in [4.78, 5) is 13.6. The summed E-state index contributed by atoms with van der Waals surface area (Å²) in [5.41, 5.74) is 2.06. The normalized spacial score (nSPS) is 16.2. The molecule has 9 heteroatoms.